The summed E-state index contributed by atoms with van der Waals surface area (Å²) in [5, 5.41) is 14.9. The first-order chi connectivity index (χ1) is 9.04. The van der Waals surface area contributed by atoms with Gasteiger partial charge in [-0.15, -0.1) is 14.8 Å². The van der Waals surface area contributed by atoms with E-state index in [9.17, 15) is 13.2 Å². The minimum absolute atomic E-state index is 0.0653. The molecule has 6 nitrogen and oxygen atoms in total. The molecular formula is C10H11F3N6. The molecule has 2 aromatic rings. The Balaban J connectivity index is 1.84. The predicted molar refractivity (Wildman–Crippen MR) is 59.6 cm³/mol. The normalized spacial score (nSPS) is 21.0. The van der Waals surface area contributed by atoms with Crippen molar-refractivity contribution in [2.75, 3.05) is 18.0 Å². The van der Waals surface area contributed by atoms with Crippen LogP contribution in [0.2, 0.25) is 0 Å². The quantitative estimate of drug-likeness (QED) is 0.783. The van der Waals surface area contributed by atoms with Crippen LogP contribution in [0.3, 0.4) is 0 Å². The molecule has 2 aromatic heterocycles. The zero-order chi connectivity index (χ0) is 13.5. The van der Waals surface area contributed by atoms with Crippen molar-refractivity contribution in [1.29, 1.82) is 0 Å². The smallest absolute Gasteiger partial charge is 0.355 e. The monoisotopic (exact) mass is 272 g/mol. The van der Waals surface area contributed by atoms with E-state index in [1.807, 2.05) is 0 Å². The van der Waals surface area contributed by atoms with Crippen molar-refractivity contribution in [1.82, 2.24) is 25.3 Å². The van der Waals surface area contributed by atoms with E-state index in [2.05, 4.69) is 20.6 Å². The summed E-state index contributed by atoms with van der Waals surface area (Å²) in [7, 11) is 0. The summed E-state index contributed by atoms with van der Waals surface area (Å²) in [6, 6.07) is 3.28. The van der Waals surface area contributed by atoms with E-state index in [0.29, 0.717) is 24.4 Å². The zero-order valence-corrected chi connectivity index (χ0v) is 9.88. The van der Waals surface area contributed by atoms with E-state index in [1.54, 1.807) is 17.0 Å². The molecule has 1 fully saturated rings. The highest BCUT2D eigenvalue weighted by Gasteiger charge is 2.42. The summed E-state index contributed by atoms with van der Waals surface area (Å²) < 4.78 is 39.5. The number of nitrogens with zero attached hydrogens (tertiary/aromatic N) is 6. The van der Waals surface area contributed by atoms with Gasteiger partial charge in [0.05, 0.1) is 5.92 Å². The first-order valence-electron chi connectivity index (χ1n) is 5.91. The second-order valence-corrected chi connectivity index (χ2v) is 4.54. The van der Waals surface area contributed by atoms with Gasteiger partial charge in [-0.05, 0) is 35.4 Å². The number of halogens is 3. The van der Waals surface area contributed by atoms with E-state index < -0.39 is 12.1 Å². The highest BCUT2D eigenvalue weighted by Crippen LogP contribution is 2.34. The maximum Gasteiger partial charge on any atom is 0.393 e. The molecule has 0 spiro atoms. The van der Waals surface area contributed by atoms with Crippen LogP contribution < -0.4 is 4.90 Å². The molecule has 9 heteroatoms. The van der Waals surface area contributed by atoms with Gasteiger partial charge in [-0.25, -0.2) is 0 Å². The Kier molecular flexibility index (Phi) is 2.76. The maximum atomic E-state index is 12.7. The SMILES string of the molecule is FC(F)(F)[C@@H]1CCCN(c2ccc3nnnn3n2)C1. The minimum Gasteiger partial charge on any atom is -0.355 e. The lowest BCUT2D eigenvalue weighted by Crippen LogP contribution is -2.42. The van der Waals surface area contributed by atoms with E-state index in [-0.39, 0.29) is 13.0 Å². The Bertz CT molecular complexity index is 580. The van der Waals surface area contributed by atoms with Crippen molar-refractivity contribution in [3.63, 3.8) is 0 Å². The van der Waals surface area contributed by atoms with Crippen molar-refractivity contribution < 1.29 is 13.2 Å². The van der Waals surface area contributed by atoms with Gasteiger partial charge in [-0.1, -0.05) is 0 Å². The van der Waals surface area contributed by atoms with Crippen LogP contribution in [0.5, 0.6) is 0 Å². The molecule has 0 aromatic carbocycles. The molecule has 0 aliphatic carbocycles. The van der Waals surface area contributed by atoms with Gasteiger partial charge in [0, 0.05) is 13.1 Å². The molecule has 0 unspecified atom stereocenters. The Labute approximate surface area is 106 Å². The molecule has 19 heavy (non-hydrogen) atoms. The Hall–Kier alpha value is -1.93. The van der Waals surface area contributed by atoms with Gasteiger partial charge in [-0.2, -0.15) is 13.2 Å². The maximum absolute atomic E-state index is 12.7. The van der Waals surface area contributed by atoms with Gasteiger partial charge in [0.1, 0.15) is 0 Å². The van der Waals surface area contributed by atoms with Gasteiger partial charge in [-0.3, -0.25) is 0 Å². The molecule has 0 amide bonds. The molecule has 1 aliphatic rings. The molecular weight excluding hydrogens is 261 g/mol. The molecule has 1 atom stereocenters. The third-order valence-corrected chi connectivity index (χ3v) is 3.26. The number of tetrazole rings is 1. The van der Waals surface area contributed by atoms with Crippen molar-refractivity contribution in [2.24, 2.45) is 5.92 Å². The highest BCUT2D eigenvalue weighted by atomic mass is 19.4. The number of hydrogen-bond acceptors (Lipinski definition) is 5. The number of rotatable bonds is 1. The van der Waals surface area contributed by atoms with Gasteiger partial charge < -0.3 is 4.90 Å². The van der Waals surface area contributed by atoms with E-state index in [1.165, 1.54) is 4.63 Å². The minimum atomic E-state index is -4.16. The van der Waals surface area contributed by atoms with Crippen LogP contribution in [-0.2, 0) is 0 Å². The van der Waals surface area contributed by atoms with E-state index in [4.69, 9.17) is 0 Å². The predicted octanol–water partition coefficient (Wildman–Crippen LogP) is 1.30. The lowest BCUT2D eigenvalue weighted by atomic mass is 9.97. The van der Waals surface area contributed by atoms with Gasteiger partial charge in [0.15, 0.2) is 11.5 Å². The molecule has 1 saturated heterocycles. The number of piperidine rings is 1. The molecule has 0 saturated carbocycles. The molecule has 0 N–H and O–H groups in total. The first-order valence-corrected chi connectivity index (χ1v) is 5.91. The molecule has 0 bridgehead atoms. The summed E-state index contributed by atoms with van der Waals surface area (Å²) in [4.78, 5) is 1.63. The second-order valence-electron chi connectivity index (χ2n) is 4.54. The van der Waals surface area contributed by atoms with Crippen LogP contribution in [0.15, 0.2) is 12.1 Å². The van der Waals surface area contributed by atoms with Gasteiger partial charge >= 0.3 is 6.18 Å². The van der Waals surface area contributed by atoms with Crippen LogP contribution in [0.25, 0.3) is 5.65 Å². The van der Waals surface area contributed by atoms with Crippen LogP contribution in [-0.4, -0.2) is 44.5 Å². The topological polar surface area (TPSA) is 59.2 Å². The number of anilines is 1. The van der Waals surface area contributed by atoms with Crippen molar-refractivity contribution >= 4 is 11.5 Å². The summed E-state index contributed by atoms with van der Waals surface area (Å²) in [6.07, 6.45) is -3.48. The van der Waals surface area contributed by atoms with E-state index >= 15 is 0 Å². The first kappa shape index (κ1) is 12.1. The third-order valence-electron chi connectivity index (χ3n) is 3.26. The largest absolute Gasteiger partial charge is 0.393 e. The average molecular weight is 272 g/mol. The van der Waals surface area contributed by atoms with Crippen molar-refractivity contribution in [2.45, 2.75) is 19.0 Å². The molecule has 1 aliphatic heterocycles. The van der Waals surface area contributed by atoms with Gasteiger partial charge in [0.2, 0.25) is 0 Å². The fourth-order valence-electron chi connectivity index (χ4n) is 2.26. The zero-order valence-electron chi connectivity index (χ0n) is 9.88. The summed E-state index contributed by atoms with van der Waals surface area (Å²) in [5.41, 5.74) is 0.466. The van der Waals surface area contributed by atoms with E-state index in [0.717, 1.165) is 0 Å². The fourth-order valence-corrected chi connectivity index (χ4v) is 2.26. The van der Waals surface area contributed by atoms with Crippen molar-refractivity contribution in [3.8, 4) is 0 Å². The molecule has 102 valence electrons. The Morgan fingerprint density at radius 3 is 2.89 bits per heavy atom. The summed E-state index contributed by atoms with van der Waals surface area (Å²) in [6.45, 7) is 0.497. The number of alkyl halides is 3. The average Bonchev–Trinajstić information content (AvgIpc) is 2.85. The second kappa shape index (κ2) is 4.32. The molecule has 0 radical (unpaired) electrons. The van der Waals surface area contributed by atoms with Crippen molar-refractivity contribution in [3.05, 3.63) is 12.1 Å². The molecule has 3 heterocycles. The standard InChI is InChI=1S/C10H11F3N6/c11-10(12,13)7-2-1-5-18(6-7)9-4-3-8-14-16-17-19(8)15-9/h3-4,7H,1-2,5-6H2/t7-/m1/s1. The fraction of sp³-hybridized carbons (Fsp3) is 0.600. The summed E-state index contributed by atoms with van der Waals surface area (Å²) >= 11 is 0. The van der Waals surface area contributed by atoms with Crippen LogP contribution >= 0.6 is 0 Å². The Morgan fingerprint density at radius 1 is 1.26 bits per heavy atom. The van der Waals surface area contributed by atoms with Crippen LogP contribution in [0.1, 0.15) is 12.8 Å². The lowest BCUT2D eigenvalue weighted by Gasteiger charge is -2.34. The number of aromatic nitrogens is 5. The van der Waals surface area contributed by atoms with Crippen LogP contribution in [0, 0.1) is 5.92 Å². The number of hydrogen-bond donors (Lipinski definition) is 0. The van der Waals surface area contributed by atoms with Crippen LogP contribution in [0.4, 0.5) is 19.0 Å². The summed E-state index contributed by atoms with van der Waals surface area (Å²) in [5.74, 6) is -0.832. The third kappa shape index (κ3) is 2.32. The Morgan fingerprint density at radius 2 is 2.11 bits per heavy atom. The highest BCUT2D eigenvalue weighted by molar-refractivity contribution is 5.44. The number of fused-ring (bicyclic) bond motifs is 1. The van der Waals surface area contributed by atoms with Gasteiger partial charge in [0.25, 0.3) is 0 Å². The molecule has 3 rings (SSSR count). The lowest BCUT2D eigenvalue weighted by molar-refractivity contribution is -0.176.